The van der Waals surface area contributed by atoms with Crippen molar-refractivity contribution in [2.24, 2.45) is 17.3 Å². The molecule has 178 valence electrons. The van der Waals surface area contributed by atoms with Gasteiger partial charge in [-0.15, -0.1) is 0 Å². The Bertz CT molecular complexity index is 792. The molecule has 0 radical (unpaired) electrons. The van der Waals surface area contributed by atoms with Crippen LogP contribution in [-0.4, -0.2) is 67.4 Å². The third-order valence-electron chi connectivity index (χ3n) is 8.04. The van der Waals surface area contributed by atoms with Gasteiger partial charge in [0, 0.05) is 44.3 Å². The molecule has 3 fully saturated rings. The van der Waals surface area contributed by atoms with Gasteiger partial charge in [0.1, 0.15) is 0 Å². The van der Waals surface area contributed by atoms with E-state index < -0.39 is 18.4 Å². The third kappa shape index (κ3) is 4.80. The molecule has 4 rings (SSSR count). The zero-order valence-corrected chi connectivity index (χ0v) is 20.1. The number of carbonyl (C=O) groups is 1. The number of alkyl halides is 2. The highest BCUT2D eigenvalue weighted by atomic mass is 19.3. The molecule has 0 saturated carbocycles. The molecule has 1 aromatic rings. The van der Waals surface area contributed by atoms with Crippen LogP contribution in [0, 0.1) is 17.3 Å². The van der Waals surface area contributed by atoms with Gasteiger partial charge in [-0.3, -0.25) is 9.69 Å². The van der Waals surface area contributed by atoms with Gasteiger partial charge in [0.25, 0.3) is 5.92 Å². The van der Waals surface area contributed by atoms with E-state index in [1.54, 1.807) is 0 Å². The number of hydrogen-bond donors (Lipinski definition) is 0. The zero-order valence-electron chi connectivity index (χ0n) is 20.1. The topological polar surface area (TPSA) is 26.8 Å². The number of hydrogen-bond acceptors (Lipinski definition) is 3. The smallest absolute Gasteiger partial charge is 0.268 e. The summed E-state index contributed by atoms with van der Waals surface area (Å²) in [4.78, 5) is 18.7. The van der Waals surface area contributed by atoms with Gasteiger partial charge < -0.3 is 9.80 Å². The Labute approximate surface area is 191 Å². The fourth-order valence-corrected chi connectivity index (χ4v) is 5.92. The number of benzene rings is 1. The Hall–Kier alpha value is -1.69. The maximum Gasteiger partial charge on any atom is 0.268 e. The van der Waals surface area contributed by atoms with E-state index in [0.29, 0.717) is 24.3 Å². The minimum absolute atomic E-state index is 0.0588. The van der Waals surface area contributed by atoms with Crippen molar-refractivity contribution in [2.75, 3.05) is 50.7 Å². The average molecular weight is 448 g/mol. The van der Waals surface area contributed by atoms with Gasteiger partial charge in [-0.2, -0.15) is 0 Å². The Kier molecular flexibility index (Phi) is 6.54. The maximum atomic E-state index is 14.5. The van der Waals surface area contributed by atoms with Crippen molar-refractivity contribution >= 4 is 11.6 Å². The Balaban J connectivity index is 1.23. The summed E-state index contributed by atoms with van der Waals surface area (Å²) in [7, 11) is 0. The summed E-state index contributed by atoms with van der Waals surface area (Å²) in [5, 5.41) is 0. The molecule has 3 heterocycles. The van der Waals surface area contributed by atoms with Gasteiger partial charge in [0.2, 0.25) is 5.91 Å². The molecule has 6 heteroatoms. The molecule has 0 N–H and O–H groups in total. The van der Waals surface area contributed by atoms with Crippen LogP contribution in [0.1, 0.15) is 58.4 Å². The third-order valence-corrected chi connectivity index (χ3v) is 8.04. The van der Waals surface area contributed by atoms with Gasteiger partial charge in [-0.1, -0.05) is 39.8 Å². The molecule has 1 amide bonds. The molecule has 0 bridgehead atoms. The predicted octanol–water partition coefficient (Wildman–Crippen LogP) is 4.85. The number of anilines is 1. The number of amides is 1. The van der Waals surface area contributed by atoms with Gasteiger partial charge in [-0.25, -0.2) is 8.78 Å². The first kappa shape index (κ1) is 23.5. The van der Waals surface area contributed by atoms with E-state index in [1.165, 1.54) is 16.2 Å². The van der Waals surface area contributed by atoms with Crippen molar-refractivity contribution in [2.45, 2.75) is 58.8 Å². The molecule has 1 unspecified atom stereocenters. The first-order valence-corrected chi connectivity index (χ1v) is 12.3. The first-order valence-electron chi connectivity index (χ1n) is 12.3. The van der Waals surface area contributed by atoms with Crippen LogP contribution in [0.25, 0.3) is 0 Å². The Morgan fingerprint density at radius 1 is 1.00 bits per heavy atom. The van der Waals surface area contributed by atoms with Crippen LogP contribution in [0.2, 0.25) is 0 Å². The van der Waals surface area contributed by atoms with Gasteiger partial charge >= 0.3 is 0 Å². The molecule has 1 spiro atoms. The second-order valence-electron chi connectivity index (χ2n) is 11.1. The highest BCUT2D eigenvalue weighted by Crippen LogP contribution is 2.42. The van der Waals surface area contributed by atoms with Crippen molar-refractivity contribution in [3.05, 3.63) is 29.8 Å². The van der Waals surface area contributed by atoms with Crippen LogP contribution < -0.4 is 4.90 Å². The summed E-state index contributed by atoms with van der Waals surface area (Å²) in [6.45, 7) is 12.4. The second-order valence-corrected chi connectivity index (χ2v) is 11.1. The van der Waals surface area contributed by atoms with Crippen molar-refractivity contribution in [1.82, 2.24) is 9.80 Å². The molecular formula is C26H39F2N3O. The van der Waals surface area contributed by atoms with E-state index in [4.69, 9.17) is 0 Å². The van der Waals surface area contributed by atoms with E-state index in [9.17, 15) is 13.6 Å². The molecule has 1 atom stereocenters. The lowest BCUT2D eigenvalue weighted by atomic mass is 9.72. The van der Waals surface area contributed by atoms with E-state index in [0.717, 1.165) is 39.0 Å². The minimum atomic E-state index is -2.78. The van der Waals surface area contributed by atoms with Crippen molar-refractivity contribution in [3.63, 3.8) is 0 Å². The van der Waals surface area contributed by atoms with Crippen LogP contribution in [0.3, 0.4) is 0 Å². The maximum absolute atomic E-state index is 14.5. The fraction of sp³-hybridized carbons (Fsp3) is 0.731. The normalized spacial score (nSPS) is 25.4. The van der Waals surface area contributed by atoms with Gasteiger partial charge in [0.15, 0.2) is 0 Å². The number of rotatable bonds is 5. The number of halogens is 2. The molecule has 0 aromatic heterocycles. The van der Waals surface area contributed by atoms with Crippen molar-refractivity contribution in [1.29, 1.82) is 0 Å². The molecule has 4 nitrogen and oxygen atoms in total. The van der Waals surface area contributed by atoms with Crippen molar-refractivity contribution < 1.29 is 13.6 Å². The quantitative estimate of drug-likeness (QED) is 0.646. The minimum Gasteiger partial charge on any atom is -0.371 e. The molecular weight excluding hydrogens is 408 g/mol. The van der Waals surface area contributed by atoms with Crippen LogP contribution in [0.15, 0.2) is 24.3 Å². The molecule has 3 aliphatic heterocycles. The predicted molar refractivity (Wildman–Crippen MR) is 125 cm³/mol. The highest BCUT2D eigenvalue weighted by Gasteiger charge is 2.49. The van der Waals surface area contributed by atoms with E-state index in [-0.39, 0.29) is 18.4 Å². The standard InChI is InChI=1S/C26H39F2N3O/c1-19(2)21-5-7-22(8-6-21)30-13-10-25(11-14-30)16-29(17-25)15-24(32)31-12-9-23(20(3)4)26(27,28)18-31/h5-8,19-20,23H,9-18H2,1-4H3. The number of likely N-dealkylation sites (tertiary alicyclic amines) is 2. The van der Waals surface area contributed by atoms with Crippen molar-refractivity contribution in [3.8, 4) is 0 Å². The molecule has 3 aliphatic rings. The summed E-state index contributed by atoms with van der Waals surface area (Å²) in [6.07, 6.45) is 2.65. The Morgan fingerprint density at radius 2 is 1.62 bits per heavy atom. The lowest BCUT2D eigenvalue weighted by Gasteiger charge is -2.54. The fourth-order valence-electron chi connectivity index (χ4n) is 5.92. The van der Waals surface area contributed by atoms with Gasteiger partial charge in [0.05, 0.1) is 13.1 Å². The largest absolute Gasteiger partial charge is 0.371 e. The lowest BCUT2D eigenvalue weighted by Crippen LogP contribution is -2.62. The van der Waals surface area contributed by atoms with Crippen LogP contribution in [-0.2, 0) is 4.79 Å². The summed E-state index contributed by atoms with van der Waals surface area (Å²) < 4.78 is 28.9. The first-order chi connectivity index (χ1) is 15.1. The van der Waals surface area contributed by atoms with Crippen LogP contribution in [0.5, 0.6) is 0 Å². The summed E-state index contributed by atoms with van der Waals surface area (Å²) in [5.41, 5.74) is 2.96. The summed E-state index contributed by atoms with van der Waals surface area (Å²) in [6, 6.07) is 8.93. The number of piperidine rings is 2. The van der Waals surface area contributed by atoms with E-state index in [1.807, 2.05) is 13.8 Å². The van der Waals surface area contributed by atoms with Crippen LogP contribution in [0.4, 0.5) is 14.5 Å². The second kappa shape index (κ2) is 8.92. The number of nitrogens with zero attached hydrogens (tertiary/aromatic N) is 3. The highest BCUT2D eigenvalue weighted by molar-refractivity contribution is 5.78. The van der Waals surface area contributed by atoms with Crippen LogP contribution >= 0.6 is 0 Å². The molecule has 3 saturated heterocycles. The summed E-state index contributed by atoms with van der Waals surface area (Å²) in [5.74, 6) is -3.05. The van der Waals surface area contributed by atoms with E-state index >= 15 is 0 Å². The lowest BCUT2D eigenvalue weighted by molar-refractivity contribution is -0.158. The molecule has 32 heavy (non-hydrogen) atoms. The van der Waals surface area contributed by atoms with E-state index in [2.05, 4.69) is 47.9 Å². The monoisotopic (exact) mass is 447 g/mol. The zero-order chi connectivity index (χ0) is 23.1. The summed E-state index contributed by atoms with van der Waals surface area (Å²) >= 11 is 0. The molecule has 0 aliphatic carbocycles. The SMILES string of the molecule is CC(C)c1ccc(N2CCC3(CC2)CN(CC(=O)N2CCC(C(C)C)C(F)(F)C2)C3)cc1. The Morgan fingerprint density at radius 3 is 2.16 bits per heavy atom. The number of carbonyl (C=O) groups excluding carboxylic acids is 1. The van der Waals surface area contributed by atoms with Gasteiger partial charge in [-0.05, 0) is 54.2 Å². The molecule has 1 aromatic carbocycles. The average Bonchev–Trinajstić information content (AvgIpc) is 2.72.